The summed E-state index contributed by atoms with van der Waals surface area (Å²) in [6.07, 6.45) is 6.54. The predicted molar refractivity (Wildman–Crippen MR) is 83.3 cm³/mol. The number of aryl methyl sites for hydroxylation is 1. The van der Waals surface area contributed by atoms with Gasteiger partial charge in [0.05, 0.1) is 9.50 Å². The first-order valence-electron chi connectivity index (χ1n) is 6.43. The molecule has 0 fully saturated rings. The average molecular weight is 338 g/mol. The highest BCUT2D eigenvalue weighted by Gasteiger charge is 2.13. The molecule has 0 unspecified atom stereocenters. The summed E-state index contributed by atoms with van der Waals surface area (Å²) in [5.41, 5.74) is 4.05. The summed E-state index contributed by atoms with van der Waals surface area (Å²) >= 11 is 9.41. The Labute approximate surface area is 126 Å². The Bertz CT molecular complexity index is 613. The normalized spacial score (nSPS) is 14.0. The van der Waals surface area contributed by atoms with Crippen LogP contribution >= 0.6 is 27.5 Å². The van der Waals surface area contributed by atoms with E-state index in [0.717, 1.165) is 22.4 Å². The molecule has 0 radical (unpaired) electrons. The van der Waals surface area contributed by atoms with Crippen LogP contribution in [0.2, 0.25) is 5.02 Å². The molecule has 2 nitrogen and oxygen atoms in total. The van der Waals surface area contributed by atoms with Crippen molar-refractivity contribution in [3.63, 3.8) is 0 Å². The van der Waals surface area contributed by atoms with Gasteiger partial charge in [0, 0.05) is 11.9 Å². The molecule has 98 valence electrons. The fraction of sp³-hybridized carbons (Fsp3) is 0.267. The molecule has 0 saturated carbocycles. The molecule has 0 bridgehead atoms. The van der Waals surface area contributed by atoms with E-state index in [9.17, 15) is 0 Å². The van der Waals surface area contributed by atoms with Crippen LogP contribution < -0.4 is 5.32 Å². The molecule has 1 aliphatic carbocycles. The number of aromatic nitrogens is 1. The maximum atomic E-state index is 5.92. The number of benzene rings is 1. The van der Waals surface area contributed by atoms with Crippen molar-refractivity contribution in [1.82, 2.24) is 4.98 Å². The Morgan fingerprint density at radius 2 is 2.05 bits per heavy atom. The Balaban J connectivity index is 1.95. The number of nitrogens with zero attached hydrogens (tertiary/aromatic N) is 1. The van der Waals surface area contributed by atoms with Crippen molar-refractivity contribution in [3.8, 4) is 0 Å². The quantitative estimate of drug-likeness (QED) is 0.822. The zero-order valence-electron chi connectivity index (χ0n) is 10.4. The van der Waals surface area contributed by atoms with Crippen LogP contribution in [-0.4, -0.2) is 4.98 Å². The average Bonchev–Trinajstić information content (AvgIpc) is 2.42. The summed E-state index contributed by atoms with van der Waals surface area (Å²) in [7, 11) is 0. The van der Waals surface area contributed by atoms with Crippen LogP contribution in [0.4, 0.5) is 11.5 Å². The zero-order valence-corrected chi connectivity index (χ0v) is 12.8. The Morgan fingerprint density at radius 1 is 1.21 bits per heavy atom. The lowest BCUT2D eigenvalue weighted by molar-refractivity contribution is 0.687. The molecule has 1 N–H and O–H groups in total. The van der Waals surface area contributed by atoms with Gasteiger partial charge in [0.2, 0.25) is 0 Å². The van der Waals surface area contributed by atoms with Crippen molar-refractivity contribution in [3.05, 3.63) is 51.1 Å². The number of rotatable bonds is 2. The summed E-state index contributed by atoms with van der Waals surface area (Å²) in [5, 5.41) is 4.04. The topological polar surface area (TPSA) is 24.9 Å². The van der Waals surface area contributed by atoms with Gasteiger partial charge in [-0.15, -0.1) is 0 Å². The standard InChI is InChI=1S/C15H14BrClN2/c16-13-8-11(17)9-18-15(13)19-14-7-3-5-10-4-1-2-6-12(10)14/h3,5,7-9H,1-2,4,6H2,(H,18,19). The number of nitrogens with one attached hydrogen (secondary N) is 1. The van der Waals surface area contributed by atoms with Crippen LogP contribution in [0.1, 0.15) is 24.0 Å². The van der Waals surface area contributed by atoms with Gasteiger partial charge in [-0.05, 0) is 64.9 Å². The first-order chi connectivity index (χ1) is 9.24. The molecule has 0 spiro atoms. The Hall–Kier alpha value is -1.06. The smallest absolute Gasteiger partial charge is 0.144 e. The van der Waals surface area contributed by atoms with Gasteiger partial charge in [0.15, 0.2) is 0 Å². The highest BCUT2D eigenvalue weighted by molar-refractivity contribution is 9.10. The number of fused-ring (bicyclic) bond motifs is 1. The monoisotopic (exact) mass is 336 g/mol. The maximum absolute atomic E-state index is 5.92. The van der Waals surface area contributed by atoms with E-state index in [0.29, 0.717) is 5.02 Å². The van der Waals surface area contributed by atoms with E-state index in [1.165, 1.54) is 30.4 Å². The first kappa shape index (κ1) is 12.9. The maximum Gasteiger partial charge on any atom is 0.144 e. The Morgan fingerprint density at radius 3 is 2.89 bits per heavy atom. The number of anilines is 2. The molecule has 1 heterocycles. The number of hydrogen-bond acceptors (Lipinski definition) is 2. The summed E-state index contributed by atoms with van der Waals surface area (Å²) in [5.74, 6) is 0.809. The minimum absolute atomic E-state index is 0.632. The second kappa shape index (κ2) is 5.51. The molecular weight excluding hydrogens is 324 g/mol. The van der Waals surface area contributed by atoms with Gasteiger partial charge in [0.25, 0.3) is 0 Å². The first-order valence-corrected chi connectivity index (χ1v) is 7.60. The molecule has 1 aliphatic rings. The van der Waals surface area contributed by atoms with E-state index < -0.39 is 0 Å². The van der Waals surface area contributed by atoms with Crippen molar-refractivity contribution in [2.75, 3.05) is 5.32 Å². The molecule has 0 aliphatic heterocycles. The molecule has 0 amide bonds. The summed E-state index contributed by atoms with van der Waals surface area (Å²) in [6.45, 7) is 0. The van der Waals surface area contributed by atoms with E-state index in [1.54, 1.807) is 6.20 Å². The van der Waals surface area contributed by atoms with Crippen LogP contribution in [-0.2, 0) is 12.8 Å². The lowest BCUT2D eigenvalue weighted by atomic mass is 9.90. The van der Waals surface area contributed by atoms with Crippen LogP contribution in [0.25, 0.3) is 0 Å². The van der Waals surface area contributed by atoms with Gasteiger partial charge < -0.3 is 5.32 Å². The van der Waals surface area contributed by atoms with Crippen LogP contribution in [0.5, 0.6) is 0 Å². The minimum Gasteiger partial charge on any atom is -0.339 e. The van der Waals surface area contributed by atoms with Gasteiger partial charge in [-0.25, -0.2) is 4.98 Å². The molecule has 1 aromatic carbocycles. The lowest BCUT2D eigenvalue weighted by Crippen LogP contribution is -2.06. The third-order valence-corrected chi connectivity index (χ3v) is 4.27. The second-order valence-corrected chi connectivity index (χ2v) is 6.05. The third-order valence-electron chi connectivity index (χ3n) is 3.46. The van der Waals surface area contributed by atoms with E-state index in [2.05, 4.69) is 44.4 Å². The van der Waals surface area contributed by atoms with Crippen molar-refractivity contribution in [1.29, 1.82) is 0 Å². The van der Waals surface area contributed by atoms with E-state index in [-0.39, 0.29) is 0 Å². The highest BCUT2D eigenvalue weighted by Crippen LogP contribution is 2.32. The molecule has 2 aromatic rings. The fourth-order valence-electron chi connectivity index (χ4n) is 2.53. The fourth-order valence-corrected chi connectivity index (χ4v) is 3.27. The van der Waals surface area contributed by atoms with Gasteiger partial charge >= 0.3 is 0 Å². The number of halogens is 2. The van der Waals surface area contributed by atoms with E-state index in [4.69, 9.17) is 11.6 Å². The van der Waals surface area contributed by atoms with Gasteiger partial charge in [-0.1, -0.05) is 23.7 Å². The second-order valence-electron chi connectivity index (χ2n) is 4.76. The van der Waals surface area contributed by atoms with E-state index in [1.807, 2.05) is 6.07 Å². The highest BCUT2D eigenvalue weighted by atomic mass is 79.9. The van der Waals surface area contributed by atoms with Crippen molar-refractivity contribution in [2.45, 2.75) is 25.7 Å². The SMILES string of the molecule is Clc1cnc(Nc2cccc3c2CCCC3)c(Br)c1. The van der Waals surface area contributed by atoms with Crippen molar-refractivity contribution in [2.24, 2.45) is 0 Å². The number of pyridine rings is 1. The number of hydrogen-bond donors (Lipinski definition) is 1. The molecule has 0 atom stereocenters. The van der Waals surface area contributed by atoms with Crippen LogP contribution in [0, 0.1) is 0 Å². The largest absolute Gasteiger partial charge is 0.339 e. The van der Waals surface area contributed by atoms with Crippen LogP contribution in [0.3, 0.4) is 0 Å². The van der Waals surface area contributed by atoms with E-state index >= 15 is 0 Å². The van der Waals surface area contributed by atoms with Gasteiger partial charge in [-0.3, -0.25) is 0 Å². The zero-order chi connectivity index (χ0) is 13.2. The minimum atomic E-state index is 0.632. The molecule has 19 heavy (non-hydrogen) atoms. The van der Waals surface area contributed by atoms with Crippen molar-refractivity contribution < 1.29 is 0 Å². The Kier molecular flexibility index (Phi) is 3.76. The summed E-state index contributed by atoms with van der Waals surface area (Å²) in [4.78, 5) is 4.33. The van der Waals surface area contributed by atoms with Gasteiger partial charge in [0.1, 0.15) is 5.82 Å². The van der Waals surface area contributed by atoms with Gasteiger partial charge in [-0.2, -0.15) is 0 Å². The molecule has 1 aromatic heterocycles. The molecule has 4 heteroatoms. The third kappa shape index (κ3) is 2.77. The summed E-state index contributed by atoms with van der Waals surface area (Å²) < 4.78 is 0.883. The predicted octanol–water partition coefficient (Wildman–Crippen LogP) is 5.12. The lowest BCUT2D eigenvalue weighted by Gasteiger charge is -2.20. The van der Waals surface area contributed by atoms with Crippen molar-refractivity contribution >= 4 is 39.0 Å². The van der Waals surface area contributed by atoms with Crippen LogP contribution in [0.15, 0.2) is 34.9 Å². The molecule has 3 rings (SSSR count). The summed E-state index contributed by atoms with van der Waals surface area (Å²) in [6, 6.07) is 8.31. The molecular formula is C15H14BrClN2. The molecule has 0 saturated heterocycles.